The van der Waals surface area contributed by atoms with E-state index < -0.39 is 0 Å². The molecule has 2 amide bonds. The Kier molecular flexibility index (Phi) is 7.18. The second kappa shape index (κ2) is 11.1. The molecule has 3 aliphatic rings. The van der Waals surface area contributed by atoms with E-state index in [-0.39, 0.29) is 11.8 Å². The van der Waals surface area contributed by atoms with Gasteiger partial charge in [0.05, 0.1) is 41.7 Å². The first-order chi connectivity index (χ1) is 19.9. The van der Waals surface area contributed by atoms with Crippen LogP contribution in [0.15, 0.2) is 60.7 Å². The third-order valence-electron chi connectivity index (χ3n) is 7.98. The van der Waals surface area contributed by atoms with E-state index >= 15 is 0 Å². The molecular weight excluding hydrogens is 516 g/mol. The largest absolute Gasteiger partial charge is 0.493 e. The van der Waals surface area contributed by atoms with Crippen molar-refractivity contribution in [1.82, 2.24) is 9.80 Å². The Bertz CT molecular complexity index is 1580. The maximum Gasteiger partial charge on any atom is 0.258 e. The number of nitrogens with zero attached hydrogens (tertiary/aromatic N) is 4. The second-order valence-electron chi connectivity index (χ2n) is 10.7. The lowest BCUT2D eigenvalue weighted by molar-refractivity contribution is -0.119. The SMILES string of the molecule is CN1CCN(CC(=O)N(C)c2ccc(N/C(=C3\C(=O)Nc4cc(C#N)ccc43)c3ccc4c(c3)OCC4)cc2)CC1. The Morgan fingerprint density at radius 1 is 1.07 bits per heavy atom. The summed E-state index contributed by atoms with van der Waals surface area (Å²) in [7, 11) is 3.90. The average molecular weight is 549 g/mol. The first kappa shape index (κ1) is 26.6. The van der Waals surface area contributed by atoms with Crippen LogP contribution in [0, 0.1) is 11.3 Å². The number of piperazine rings is 1. The van der Waals surface area contributed by atoms with Crippen molar-refractivity contribution in [2.45, 2.75) is 6.42 Å². The Morgan fingerprint density at radius 3 is 2.61 bits per heavy atom. The highest BCUT2D eigenvalue weighted by Gasteiger charge is 2.29. The van der Waals surface area contributed by atoms with Crippen molar-refractivity contribution in [3.63, 3.8) is 0 Å². The monoisotopic (exact) mass is 548 g/mol. The summed E-state index contributed by atoms with van der Waals surface area (Å²) in [4.78, 5) is 32.4. The fourth-order valence-electron chi connectivity index (χ4n) is 5.45. The minimum atomic E-state index is -0.245. The molecule has 0 atom stereocenters. The van der Waals surface area contributed by atoms with Crippen LogP contribution in [0.4, 0.5) is 17.1 Å². The molecule has 0 radical (unpaired) electrons. The summed E-state index contributed by atoms with van der Waals surface area (Å²) < 4.78 is 5.82. The molecule has 1 saturated heterocycles. The van der Waals surface area contributed by atoms with Gasteiger partial charge in [-0.15, -0.1) is 0 Å². The number of carbonyl (C=O) groups is 2. The van der Waals surface area contributed by atoms with Gasteiger partial charge in [0.15, 0.2) is 0 Å². The van der Waals surface area contributed by atoms with Crippen molar-refractivity contribution in [2.75, 3.05) is 69.0 Å². The molecule has 9 heteroatoms. The van der Waals surface area contributed by atoms with Crippen molar-refractivity contribution in [2.24, 2.45) is 0 Å². The van der Waals surface area contributed by atoms with E-state index in [0.717, 1.165) is 66.4 Å². The number of nitrogens with one attached hydrogen (secondary N) is 2. The quantitative estimate of drug-likeness (QED) is 0.454. The summed E-state index contributed by atoms with van der Waals surface area (Å²) >= 11 is 0. The molecule has 9 nitrogen and oxygen atoms in total. The Morgan fingerprint density at radius 2 is 1.85 bits per heavy atom. The van der Waals surface area contributed by atoms with Gasteiger partial charge >= 0.3 is 0 Å². The minimum Gasteiger partial charge on any atom is -0.493 e. The van der Waals surface area contributed by atoms with Gasteiger partial charge in [-0.05, 0) is 55.1 Å². The molecule has 0 unspecified atom stereocenters. The van der Waals surface area contributed by atoms with Crippen LogP contribution in [-0.2, 0) is 16.0 Å². The summed E-state index contributed by atoms with van der Waals surface area (Å²) in [6.07, 6.45) is 0.859. The topological polar surface area (TPSA) is 101 Å². The number of ether oxygens (including phenoxy) is 1. The summed E-state index contributed by atoms with van der Waals surface area (Å²) in [5.74, 6) is 0.619. The molecule has 0 saturated carbocycles. The van der Waals surface area contributed by atoms with Crippen molar-refractivity contribution in [1.29, 1.82) is 5.26 Å². The number of amides is 2. The molecule has 3 aliphatic heterocycles. The van der Waals surface area contributed by atoms with Gasteiger partial charge in [-0.1, -0.05) is 18.2 Å². The average Bonchev–Trinajstić information content (AvgIpc) is 3.59. The molecule has 0 aliphatic carbocycles. The highest BCUT2D eigenvalue weighted by atomic mass is 16.5. The van der Waals surface area contributed by atoms with Gasteiger partial charge in [0.25, 0.3) is 5.91 Å². The fourth-order valence-corrected chi connectivity index (χ4v) is 5.45. The van der Waals surface area contributed by atoms with E-state index in [1.807, 2.05) is 42.5 Å². The van der Waals surface area contributed by atoms with E-state index in [0.29, 0.717) is 35.7 Å². The van der Waals surface area contributed by atoms with Gasteiger partial charge in [-0.25, -0.2) is 0 Å². The Labute approximate surface area is 239 Å². The third kappa shape index (κ3) is 5.40. The molecule has 0 aromatic heterocycles. The minimum absolute atomic E-state index is 0.0483. The van der Waals surface area contributed by atoms with Crippen LogP contribution in [0.3, 0.4) is 0 Å². The van der Waals surface area contributed by atoms with E-state index in [2.05, 4.69) is 33.6 Å². The van der Waals surface area contributed by atoms with Crippen LogP contribution in [-0.4, -0.2) is 75.0 Å². The number of hydrogen-bond donors (Lipinski definition) is 2. The zero-order valence-corrected chi connectivity index (χ0v) is 23.2. The lowest BCUT2D eigenvalue weighted by atomic mass is 9.98. The number of nitriles is 1. The van der Waals surface area contributed by atoms with E-state index in [1.165, 1.54) is 0 Å². The molecule has 0 spiro atoms. The summed E-state index contributed by atoms with van der Waals surface area (Å²) in [6.45, 7) is 4.74. The van der Waals surface area contributed by atoms with Crippen molar-refractivity contribution < 1.29 is 14.3 Å². The second-order valence-corrected chi connectivity index (χ2v) is 10.7. The van der Waals surface area contributed by atoms with Crippen LogP contribution in [0.1, 0.15) is 22.3 Å². The van der Waals surface area contributed by atoms with Crippen molar-refractivity contribution >= 4 is 40.1 Å². The number of carbonyl (C=O) groups excluding carboxylic acids is 2. The van der Waals surface area contributed by atoms with Crippen LogP contribution in [0.25, 0.3) is 11.3 Å². The lowest BCUT2D eigenvalue weighted by Crippen LogP contribution is -2.48. The first-order valence-corrected chi connectivity index (χ1v) is 13.8. The molecule has 208 valence electrons. The maximum absolute atomic E-state index is 13.3. The molecule has 6 rings (SSSR count). The van der Waals surface area contributed by atoms with Crippen LogP contribution < -0.4 is 20.3 Å². The molecule has 3 aromatic rings. The number of benzene rings is 3. The van der Waals surface area contributed by atoms with E-state index in [4.69, 9.17) is 4.74 Å². The van der Waals surface area contributed by atoms with Gasteiger partial charge in [0, 0.05) is 62.1 Å². The highest BCUT2D eigenvalue weighted by molar-refractivity contribution is 6.37. The molecule has 3 heterocycles. The van der Waals surface area contributed by atoms with Gasteiger partial charge in [-0.2, -0.15) is 5.26 Å². The number of rotatable bonds is 6. The van der Waals surface area contributed by atoms with Crippen LogP contribution >= 0.6 is 0 Å². The summed E-state index contributed by atoms with van der Waals surface area (Å²) in [5.41, 5.74) is 6.46. The summed E-state index contributed by atoms with van der Waals surface area (Å²) in [5, 5.41) is 15.7. The number of anilines is 3. The van der Waals surface area contributed by atoms with Gasteiger partial charge in [0.1, 0.15) is 5.75 Å². The number of likely N-dealkylation sites (N-methyl/N-ethyl adjacent to an activating group) is 2. The smallest absolute Gasteiger partial charge is 0.258 e. The van der Waals surface area contributed by atoms with Crippen molar-refractivity contribution in [3.8, 4) is 11.8 Å². The zero-order chi connectivity index (χ0) is 28.5. The maximum atomic E-state index is 13.3. The first-order valence-electron chi connectivity index (χ1n) is 13.8. The van der Waals surface area contributed by atoms with Gasteiger partial charge in [0.2, 0.25) is 5.91 Å². The molecule has 41 heavy (non-hydrogen) atoms. The summed E-state index contributed by atoms with van der Waals surface area (Å²) in [6, 6.07) is 21.0. The number of hydrogen-bond acceptors (Lipinski definition) is 7. The van der Waals surface area contributed by atoms with Crippen molar-refractivity contribution in [3.05, 3.63) is 82.9 Å². The Balaban J connectivity index is 1.29. The van der Waals surface area contributed by atoms with E-state index in [9.17, 15) is 14.9 Å². The molecule has 1 fully saturated rings. The number of fused-ring (bicyclic) bond motifs is 2. The normalized spacial score (nSPS) is 17.6. The van der Waals surface area contributed by atoms with Gasteiger partial charge < -0.3 is 25.2 Å². The molecule has 3 aromatic carbocycles. The third-order valence-corrected chi connectivity index (χ3v) is 7.98. The predicted molar refractivity (Wildman–Crippen MR) is 160 cm³/mol. The Hall–Kier alpha value is -4.65. The molecule has 2 N–H and O–H groups in total. The van der Waals surface area contributed by atoms with Gasteiger partial charge in [-0.3, -0.25) is 14.5 Å². The lowest BCUT2D eigenvalue weighted by Gasteiger charge is -2.32. The highest BCUT2D eigenvalue weighted by Crippen LogP contribution is 2.39. The predicted octanol–water partition coefficient (Wildman–Crippen LogP) is 3.64. The van der Waals surface area contributed by atoms with Crippen LogP contribution in [0.5, 0.6) is 5.75 Å². The fraction of sp³-hybridized carbons (Fsp3) is 0.281. The molecule has 0 bridgehead atoms. The van der Waals surface area contributed by atoms with E-state index in [1.54, 1.807) is 30.1 Å². The standard InChI is InChI=1S/C32H32N6O3/c1-36-12-14-38(15-13-36)20-29(39)37(2)25-8-6-24(7-9-25)34-31(23-5-4-22-11-16-41-28(22)18-23)30-26-10-3-21(19-33)17-27(26)35-32(30)40/h3-10,17-18,34H,11-16,20H2,1-2H3,(H,35,40)/b31-30-. The molecular formula is C32H32N6O3. The zero-order valence-electron chi connectivity index (χ0n) is 23.2. The van der Waals surface area contributed by atoms with Crippen LogP contribution in [0.2, 0.25) is 0 Å².